The van der Waals surface area contributed by atoms with E-state index in [2.05, 4.69) is 5.32 Å². The first-order chi connectivity index (χ1) is 7.66. The van der Waals surface area contributed by atoms with Gasteiger partial charge in [-0.15, -0.1) is 12.4 Å². The molecule has 1 aliphatic rings. The zero-order valence-electron chi connectivity index (χ0n) is 10.7. The van der Waals surface area contributed by atoms with Crippen molar-refractivity contribution in [1.29, 1.82) is 0 Å². The molecule has 0 aromatic rings. The maximum absolute atomic E-state index is 11.5. The van der Waals surface area contributed by atoms with Crippen LogP contribution in [-0.4, -0.2) is 31.2 Å². The lowest BCUT2D eigenvalue weighted by molar-refractivity contribution is -0.122. The van der Waals surface area contributed by atoms with Crippen molar-refractivity contribution in [2.75, 3.05) is 19.8 Å². The fourth-order valence-electron chi connectivity index (χ4n) is 2.10. The molecular weight excluding hydrogens is 240 g/mol. The normalized spacial score (nSPS) is 18.2. The Morgan fingerprint density at radius 1 is 1.35 bits per heavy atom. The highest BCUT2D eigenvalue weighted by Crippen LogP contribution is 2.24. The van der Waals surface area contributed by atoms with Gasteiger partial charge in [0.25, 0.3) is 0 Å². The first-order valence-electron chi connectivity index (χ1n) is 6.30. The number of carbonyl (C=O) groups is 1. The third kappa shape index (κ3) is 6.86. The van der Waals surface area contributed by atoms with E-state index >= 15 is 0 Å². The number of halogens is 1. The van der Waals surface area contributed by atoms with Gasteiger partial charge in [-0.1, -0.05) is 19.3 Å². The highest BCUT2D eigenvalue weighted by Gasteiger charge is 2.27. The van der Waals surface area contributed by atoms with Gasteiger partial charge >= 0.3 is 0 Å². The highest BCUT2D eigenvalue weighted by molar-refractivity contribution is 5.85. The van der Waals surface area contributed by atoms with E-state index in [-0.39, 0.29) is 23.9 Å². The van der Waals surface area contributed by atoms with Gasteiger partial charge in [0.05, 0.1) is 6.61 Å². The molecule has 1 fully saturated rings. The van der Waals surface area contributed by atoms with Crippen LogP contribution in [-0.2, 0) is 9.53 Å². The van der Waals surface area contributed by atoms with Gasteiger partial charge in [0.1, 0.15) is 0 Å². The van der Waals surface area contributed by atoms with Gasteiger partial charge in [0.2, 0.25) is 5.91 Å². The molecule has 0 heterocycles. The Bertz CT molecular complexity index is 219. The second-order valence-electron chi connectivity index (χ2n) is 4.65. The van der Waals surface area contributed by atoms with Gasteiger partial charge in [-0.25, -0.2) is 0 Å². The Labute approximate surface area is 110 Å². The lowest BCUT2D eigenvalue weighted by Gasteiger charge is -2.33. The van der Waals surface area contributed by atoms with Crippen molar-refractivity contribution in [3.8, 4) is 0 Å². The maximum Gasteiger partial charge on any atom is 0.222 e. The van der Waals surface area contributed by atoms with Crippen molar-refractivity contribution < 1.29 is 9.53 Å². The molecule has 0 aromatic carbocycles. The van der Waals surface area contributed by atoms with Gasteiger partial charge in [0.15, 0.2) is 0 Å². The number of nitrogens with one attached hydrogen (secondary N) is 1. The van der Waals surface area contributed by atoms with Crippen LogP contribution in [0.4, 0.5) is 0 Å². The van der Waals surface area contributed by atoms with Crippen LogP contribution in [0.2, 0.25) is 0 Å². The van der Waals surface area contributed by atoms with Crippen LogP contribution < -0.4 is 11.1 Å². The lowest BCUT2D eigenvalue weighted by atomic mass is 9.82. The summed E-state index contributed by atoms with van der Waals surface area (Å²) in [6.45, 7) is 3.70. The minimum atomic E-state index is -0.167. The van der Waals surface area contributed by atoms with Gasteiger partial charge < -0.3 is 15.8 Å². The van der Waals surface area contributed by atoms with Crippen LogP contribution in [0.5, 0.6) is 0 Å². The van der Waals surface area contributed by atoms with Crippen LogP contribution in [0.3, 0.4) is 0 Å². The number of hydrogen-bond donors (Lipinski definition) is 2. The molecule has 0 atom stereocenters. The van der Waals surface area contributed by atoms with Crippen LogP contribution in [0.1, 0.15) is 45.4 Å². The SMILES string of the molecule is CCOCCC(=O)NCC1(N)CCCCC1.Cl. The predicted octanol–water partition coefficient (Wildman–Crippen LogP) is 1.61. The summed E-state index contributed by atoms with van der Waals surface area (Å²) in [6, 6.07) is 0. The minimum Gasteiger partial charge on any atom is -0.381 e. The van der Waals surface area contributed by atoms with E-state index < -0.39 is 0 Å². The summed E-state index contributed by atoms with van der Waals surface area (Å²) in [6.07, 6.45) is 6.13. The van der Waals surface area contributed by atoms with Crippen molar-refractivity contribution in [2.24, 2.45) is 5.73 Å². The number of carbonyl (C=O) groups excluding carboxylic acids is 1. The minimum absolute atomic E-state index is 0. The number of hydrogen-bond acceptors (Lipinski definition) is 3. The van der Waals surface area contributed by atoms with E-state index in [1.165, 1.54) is 19.3 Å². The number of ether oxygens (including phenoxy) is 1. The van der Waals surface area contributed by atoms with Crippen LogP contribution in [0.25, 0.3) is 0 Å². The second kappa shape index (κ2) is 8.72. The maximum atomic E-state index is 11.5. The first-order valence-corrected chi connectivity index (χ1v) is 6.30. The molecule has 3 N–H and O–H groups in total. The molecule has 0 unspecified atom stereocenters. The van der Waals surface area contributed by atoms with Crippen LogP contribution in [0.15, 0.2) is 0 Å². The summed E-state index contributed by atoms with van der Waals surface area (Å²) in [4.78, 5) is 11.5. The fraction of sp³-hybridized carbons (Fsp3) is 0.917. The smallest absolute Gasteiger partial charge is 0.222 e. The van der Waals surface area contributed by atoms with Gasteiger partial charge in [-0.3, -0.25) is 4.79 Å². The Balaban J connectivity index is 0.00000256. The summed E-state index contributed by atoms with van der Waals surface area (Å²) >= 11 is 0. The molecule has 0 bridgehead atoms. The molecule has 102 valence electrons. The van der Waals surface area contributed by atoms with Crippen molar-refractivity contribution in [2.45, 2.75) is 51.0 Å². The van der Waals surface area contributed by atoms with E-state index in [0.717, 1.165) is 12.8 Å². The quantitative estimate of drug-likeness (QED) is 0.717. The summed E-state index contributed by atoms with van der Waals surface area (Å²) in [7, 11) is 0. The molecule has 1 saturated carbocycles. The molecule has 0 saturated heterocycles. The molecule has 1 amide bonds. The van der Waals surface area contributed by atoms with Crippen molar-refractivity contribution in [1.82, 2.24) is 5.32 Å². The molecule has 1 aliphatic carbocycles. The van der Waals surface area contributed by atoms with Crippen molar-refractivity contribution >= 4 is 18.3 Å². The Kier molecular flexibility index (Phi) is 8.56. The molecule has 0 radical (unpaired) electrons. The van der Waals surface area contributed by atoms with Crippen molar-refractivity contribution in [3.63, 3.8) is 0 Å². The van der Waals surface area contributed by atoms with Crippen molar-refractivity contribution in [3.05, 3.63) is 0 Å². The second-order valence-corrected chi connectivity index (χ2v) is 4.65. The third-order valence-electron chi connectivity index (χ3n) is 3.16. The van der Waals surface area contributed by atoms with E-state index in [4.69, 9.17) is 10.5 Å². The molecule has 0 spiro atoms. The third-order valence-corrected chi connectivity index (χ3v) is 3.16. The molecule has 4 nitrogen and oxygen atoms in total. The fourth-order valence-corrected chi connectivity index (χ4v) is 2.10. The number of rotatable bonds is 6. The van der Waals surface area contributed by atoms with E-state index in [1.807, 2.05) is 6.92 Å². The Morgan fingerprint density at radius 3 is 2.59 bits per heavy atom. The van der Waals surface area contributed by atoms with E-state index in [0.29, 0.717) is 26.2 Å². The summed E-state index contributed by atoms with van der Waals surface area (Å²) < 4.78 is 5.13. The average Bonchev–Trinajstić information content (AvgIpc) is 2.28. The standard InChI is InChI=1S/C12H24N2O2.ClH/c1-2-16-9-6-11(15)14-10-12(13)7-4-3-5-8-12;/h2-10,13H2,1H3,(H,14,15);1H. The molecule has 1 rings (SSSR count). The monoisotopic (exact) mass is 264 g/mol. The Morgan fingerprint density at radius 2 is 2.00 bits per heavy atom. The lowest BCUT2D eigenvalue weighted by Crippen LogP contribution is -2.51. The van der Waals surface area contributed by atoms with Gasteiger partial charge in [0, 0.05) is 25.1 Å². The number of nitrogens with two attached hydrogens (primary N) is 1. The molecule has 0 aliphatic heterocycles. The summed E-state index contributed by atoms with van der Waals surface area (Å²) in [5.41, 5.74) is 6.05. The average molecular weight is 265 g/mol. The molecule has 5 heteroatoms. The summed E-state index contributed by atoms with van der Waals surface area (Å²) in [5.74, 6) is 0.0452. The molecule has 0 aromatic heterocycles. The van der Waals surface area contributed by atoms with E-state index in [1.54, 1.807) is 0 Å². The molecule has 17 heavy (non-hydrogen) atoms. The van der Waals surface area contributed by atoms with Gasteiger partial charge in [-0.2, -0.15) is 0 Å². The van der Waals surface area contributed by atoms with Crippen LogP contribution >= 0.6 is 12.4 Å². The first kappa shape index (κ1) is 16.7. The summed E-state index contributed by atoms with van der Waals surface area (Å²) in [5, 5.41) is 2.91. The Hall–Kier alpha value is -0.320. The highest BCUT2D eigenvalue weighted by atomic mass is 35.5. The topological polar surface area (TPSA) is 64.3 Å². The van der Waals surface area contributed by atoms with Gasteiger partial charge in [-0.05, 0) is 19.8 Å². The van der Waals surface area contributed by atoms with E-state index in [9.17, 15) is 4.79 Å². The number of amides is 1. The zero-order valence-corrected chi connectivity index (χ0v) is 11.5. The molecular formula is C12H25ClN2O2. The zero-order chi connectivity index (χ0) is 11.9. The van der Waals surface area contributed by atoms with Crippen LogP contribution in [0, 0.1) is 0 Å². The largest absolute Gasteiger partial charge is 0.381 e. The predicted molar refractivity (Wildman–Crippen MR) is 71.4 cm³/mol.